The summed E-state index contributed by atoms with van der Waals surface area (Å²) < 4.78 is 17.5. The van der Waals surface area contributed by atoms with E-state index in [0.717, 1.165) is 38.5 Å². The van der Waals surface area contributed by atoms with E-state index in [0.29, 0.717) is 19.8 Å². The monoisotopic (exact) mass is 318 g/mol. The molecule has 0 aliphatic heterocycles. The first kappa shape index (κ1) is 20.7. The third-order valence-corrected chi connectivity index (χ3v) is 6.26. The third kappa shape index (κ3) is 10.1. The Morgan fingerprint density at radius 3 is 2.00 bits per heavy atom. The number of aliphatic imine (C=N–C) groups is 1. The Kier molecular flexibility index (Phi) is 13.2. The number of rotatable bonds is 14. The molecule has 0 amide bonds. The van der Waals surface area contributed by atoms with Crippen LogP contribution in [0.5, 0.6) is 0 Å². The van der Waals surface area contributed by atoms with Gasteiger partial charge < -0.3 is 18.6 Å². The molecule has 0 spiro atoms. The van der Waals surface area contributed by atoms with Gasteiger partial charge in [0.1, 0.15) is 0 Å². The summed E-state index contributed by atoms with van der Waals surface area (Å²) in [5.41, 5.74) is 1.22. The number of nitrogens with zero attached hydrogens (tertiary/aromatic N) is 1. The number of hydrogen-bond donors (Lipinski definition) is 1. The van der Waals surface area contributed by atoms with Gasteiger partial charge in [-0.1, -0.05) is 6.92 Å². The molecular weight excluding hydrogens is 284 g/mol. The van der Waals surface area contributed by atoms with Gasteiger partial charge >= 0.3 is 8.80 Å². The minimum atomic E-state index is -2.46. The van der Waals surface area contributed by atoms with Gasteiger partial charge in [0.15, 0.2) is 0 Å². The maximum absolute atomic E-state index is 5.83. The minimum absolute atomic E-state index is 0.644. The minimum Gasteiger partial charge on any atom is -0.374 e. The van der Waals surface area contributed by atoms with E-state index < -0.39 is 8.80 Å². The average Bonchev–Trinajstić information content (AvgIpc) is 2.46. The molecular formula is C15H34N2O3Si. The summed E-state index contributed by atoms with van der Waals surface area (Å²) in [6.07, 6.45) is 2.04. The van der Waals surface area contributed by atoms with Crippen molar-refractivity contribution in [1.82, 2.24) is 5.32 Å². The smallest absolute Gasteiger partial charge is 0.374 e. The van der Waals surface area contributed by atoms with Crippen molar-refractivity contribution in [3.8, 4) is 0 Å². The van der Waals surface area contributed by atoms with Gasteiger partial charge in [0.05, 0.1) is 6.54 Å². The zero-order valence-electron chi connectivity index (χ0n) is 14.5. The quantitative estimate of drug-likeness (QED) is 0.304. The lowest BCUT2D eigenvalue weighted by atomic mass is 10.3. The molecule has 0 saturated heterocycles. The highest BCUT2D eigenvalue weighted by atomic mass is 28.4. The van der Waals surface area contributed by atoms with Crippen molar-refractivity contribution in [3.63, 3.8) is 0 Å². The van der Waals surface area contributed by atoms with Gasteiger partial charge in [-0.15, -0.1) is 0 Å². The van der Waals surface area contributed by atoms with Crippen LogP contribution >= 0.6 is 0 Å². The Labute approximate surface area is 131 Å². The van der Waals surface area contributed by atoms with Crippen LogP contribution in [-0.4, -0.2) is 54.0 Å². The lowest BCUT2D eigenvalue weighted by Gasteiger charge is -2.28. The Hall–Kier alpha value is -0.273. The molecule has 0 fully saturated rings. The Morgan fingerprint density at radius 1 is 0.952 bits per heavy atom. The summed E-state index contributed by atoms with van der Waals surface area (Å²) in [6, 6.07) is 0.868. The molecule has 0 bridgehead atoms. The fourth-order valence-corrected chi connectivity index (χ4v) is 4.61. The second-order valence-corrected chi connectivity index (χ2v) is 7.54. The van der Waals surface area contributed by atoms with Gasteiger partial charge in [-0.2, -0.15) is 0 Å². The van der Waals surface area contributed by atoms with E-state index in [4.69, 9.17) is 13.3 Å². The molecule has 0 heterocycles. The molecule has 6 heteroatoms. The van der Waals surface area contributed by atoms with Crippen LogP contribution in [0.4, 0.5) is 0 Å². The van der Waals surface area contributed by atoms with E-state index in [2.05, 4.69) is 24.2 Å². The molecule has 0 aromatic rings. The van der Waals surface area contributed by atoms with Gasteiger partial charge in [-0.3, -0.25) is 4.99 Å². The van der Waals surface area contributed by atoms with Gasteiger partial charge in [0.2, 0.25) is 0 Å². The van der Waals surface area contributed by atoms with Gasteiger partial charge in [0.25, 0.3) is 0 Å². The summed E-state index contributed by atoms with van der Waals surface area (Å²) >= 11 is 0. The van der Waals surface area contributed by atoms with Gasteiger partial charge in [-0.25, -0.2) is 0 Å². The summed E-state index contributed by atoms with van der Waals surface area (Å²) in [7, 11) is -2.46. The summed E-state index contributed by atoms with van der Waals surface area (Å²) in [5, 5.41) is 3.41. The highest BCUT2D eigenvalue weighted by Crippen LogP contribution is 2.17. The largest absolute Gasteiger partial charge is 0.500 e. The summed E-state index contributed by atoms with van der Waals surface area (Å²) in [6.45, 7) is 14.8. The zero-order chi connectivity index (χ0) is 16.0. The highest BCUT2D eigenvalue weighted by molar-refractivity contribution is 6.60. The van der Waals surface area contributed by atoms with Gasteiger partial charge in [0, 0.05) is 38.1 Å². The molecule has 21 heavy (non-hydrogen) atoms. The van der Waals surface area contributed by atoms with Crippen molar-refractivity contribution in [3.05, 3.63) is 0 Å². The van der Waals surface area contributed by atoms with E-state index >= 15 is 0 Å². The van der Waals surface area contributed by atoms with Crippen LogP contribution in [0.15, 0.2) is 4.99 Å². The molecule has 0 rings (SSSR count). The van der Waals surface area contributed by atoms with Crippen LogP contribution in [-0.2, 0) is 13.3 Å². The lowest BCUT2D eigenvalue weighted by molar-refractivity contribution is 0.0708. The third-order valence-electron chi connectivity index (χ3n) is 3.11. The van der Waals surface area contributed by atoms with Crippen molar-refractivity contribution in [2.45, 2.75) is 53.5 Å². The SMILES string of the molecule is CCO[Si](CCCNCCN=C(C)CC)(OCC)OCC. The van der Waals surface area contributed by atoms with Crippen LogP contribution in [0.3, 0.4) is 0 Å². The predicted molar refractivity (Wildman–Crippen MR) is 91.2 cm³/mol. The normalized spacial score (nSPS) is 12.9. The van der Waals surface area contributed by atoms with Crippen LogP contribution < -0.4 is 5.32 Å². The Balaban J connectivity index is 3.96. The molecule has 126 valence electrons. The van der Waals surface area contributed by atoms with E-state index in [9.17, 15) is 0 Å². The van der Waals surface area contributed by atoms with Crippen molar-refractivity contribution < 1.29 is 13.3 Å². The average molecular weight is 319 g/mol. The topological polar surface area (TPSA) is 52.1 Å². The molecule has 0 aliphatic carbocycles. The molecule has 0 aliphatic rings. The zero-order valence-corrected chi connectivity index (χ0v) is 15.5. The second kappa shape index (κ2) is 13.4. The predicted octanol–water partition coefficient (Wildman–Crippen LogP) is 2.89. The van der Waals surface area contributed by atoms with Crippen molar-refractivity contribution >= 4 is 14.5 Å². The highest BCUT2D eigenvalue weighted by Gasteiger charge is 2.39. The molecule has 5 nitrogen and oxygen atoms in total. The first-order valence-electron chi connectivity index (χ1n) is 8.26. The molecule has 0 radical (unpaired) electrons. The maximum Gasteiger partial charge on any atom is 0.500 e. The summed E-state index contributed by atoms with van der Waals surface area (Å²) in [4.78, 5) is 4.47. The van der Waals surface area contributed by atoms with E-state index in [1.807, 2.05) is 20.8 Å². The van der Waals surface area contributed by atoms with Crippen LogP contribution in [0.2, 0.25) is 6.04 Å². The van der Waals surface area contributed by atoms with E-state index in [1.165, 1.54) is 5.71 Å². The fraction of sp³-hybridized carbons (Fsp3) is 0.933. The lowest BCUT2D eigenvalue weighted by Crippen LogP contribution is -2.46. The standard InChI is InChI=1S/C15H34N2O3Si/c1-6-15(5)17-13-12-16-11-10-14-21(18-7-2,19-8-3)20-9-4/h16H,6-14H2,1-5H3. The second-order valence-electron chi connectivity index (χ2n) is 4.81. The van der Waals surface area contributed by atoms with Crippen molar-refractivity contribution in [1.29, 1.82) is 0 Å². The molecule has 0 unspecified atom stereocenters. The fourth-order valence-electron chi connectivity index (χ4n) is 1.99. The summed E-state index contributed by atoms with van der Waals surface area (Å²) in [5.74, 6) is 0. The first-order chi connectivity index (χ1) is 10.1. The number of hydrogen-bond acceptors (Lipinski definition) is 5. The van der Waals surface area contributed by atoms with Crippen LogP contribution in [0.1, 0.15) is 47.5 Å². The molecule has 1 N–H and O–H groups in total. The molecule has 0 atom stereocenters. The van der Waals surface area contributed by atoms with Crippen LogP contribution in [0, 0.1) is 0 Å². The van der Waals surface area contributed by atoms with Crippen molar-refractivity contribution in [2.24, 2.45) is 4.99 Å². The molecule has 0 saturated carbocycles. The first-order valence-corrected chi connectivity index (χ1v) is 10.2. The molecule has 0 aromatic heterocycles. The maximum atomic E-state index is 5.83. The Morgan fingerprint density at radius 2 is 1.52 bits per heavy atom. The van der Waals surface area contributed by atoms with E-state index in [-0.39, 0.29) is 0 Å². The van der Waals surface area contributed by atoms with Crippen LogP contribution in [0.25, 0.3) is 0 Å². The van der Waals surface area contributed by atoms with Crippen molar-refractivity contribution in [2.75, 3.05) is 39.5 Å². The number of nitrogens with one attached hydrogen (secondary N) is 1. The van der Waals surface area contributed by atoms with Gasteiger partial charge in [-0.05, 0) is 47.1 Å². The van der Waals surface area contributed by atoms with E-state index in [1.54, 1.807) is 0 Å². The Bertz CT molecular complexity index is 259. The molecule has 0 aromatic carbocycles.